The van der Waals surface area contributed by atoms with Gasteiger partial charge in [-0.3, -0.25) is 0 Å². The number of thioether (sulfide) groups is 1. The van der Waals surface area contributed by atoms with Crippen LogP contribution >= 0.6 is 11.8 Å². The van der Waals surface area contributed by atoms with Gasteiger partial charge in [-0.05, 0) is 44.3 Å². The molecule has 0 amide bonds. The monoisotopic (exact) mass is 281 g/mol. The van der Waals surface area contributed by atoms with Gasteiger partial charge < -0.3 is 10.0 Å². The summed E-state index contributed by atoms with van der Waals surface area (Å²) in [6.45, 7) is 7.28. The molecule has 1 N–H and O–H groups in total. The lowest BCUT2D eigenvalue weighted by Crippen LogP contribution is -2.39. The van der Waals surface area contributed by atoms with E-state index in [1.54, 1.807) is 0 Å². The number of piperidine rings is 1. The second-order valence-electron chi connectivity index (χ2n) is 5.49. The smallest absolute Gasteiger partial charge is 0.187 e. The van der Waals surface area contributed by atoms with Gasteiger partial charge >= 0.3 is 0 Å². The topological polar surface area (TPSA) is 49.3 Å². The van der Waals surface area contributed by atoms with Crippen molar-refractivity contribution in [2.75, 3.05) is 25.4 Å². The normalized spacial score (nSPS) is 19.5. The Kier molecular flexibility index (Phi) is 5.60. The average molecular weight is 281 g/mol. The highest BCUT2D eigenvalue weighted by Crippen LogP contribution is 2.18. The van der Waals surface area contributed by atoms with E-state index in [2.05, 4.69) is 21.8 Å². The highest BCUT2D eigenvalue weighted by Gasteiger charge is 2.18. The van der Waals surface area contributed by atoms with Crippen molar-refractivity contribution in [3.05, 3.63) is 18.0 Å². The molecule has 1 aromatic heterocycles. The van der Waals surface area contributed by atoms with Crippen LogP contribution in [0, 0.1) is 12.8 Å². The van der Waals surface area contributed by atoms with Crippen LogP contribution in [0.2, 0.25) is 0 Å². The quantitative estimate of drug-likeness (QED) is 0.660. The van der Waals surface area contributed by atoms with Gasteiger partial charge in [0, 0.05) is 24.7 Å². The molecule has 1 atom stereocenters. The summed E-state index contributed by atoms with van der Waals surface area (Å²) in [5.74, 6) is 1.50. The molecule has 5 heteroatoms. The summed E-state index contributed by atoms with van der Waals surface area (Å²) in [5.41, 5.74) is 1.06. The Morgan fingerprint density at radius 1 is 1.37 bits per heavy atom. The molecular formula is C14H23N3OS. The van der Waals surface area contributed by atoms with Gasteiger partial charge in [-0.15, -0.1) is 0 Å². The van der Waals surface area contributed by atoms with E-state index < -0.39 is 0 Å². The van der Waals surface area contributed by atoms with Crippen molar-refractivity contribution in [3.8, 4) is 0 Å². The van der Waals surface area contributed by atoms with Crippen LogP contribution in [0.25, 0.3) is 0 Å². The lowest BCUT2D eigenvalue weighted by atomic mass is 9.99. The van der Waals surface area contributed by atoms with Gasteiger partial charge in [0.2, 0.25) is 0 Å². The fourth-order valence-corrected chi connectivity index (χ4v) is 2.92. The zero-order valence-corrected chi connectivity index (χ0v) is 12.6. The third-order valence-electron chi connectivity index (χ3n) is 3.51. The minimum Gasteiger partial charge on any atom is -0.391 e. The fraction of sp³-hybridized carbons (Fsp3) is 0.714. The minimum absolute atomic E-state index is 0.302. The van der Waals surface area contributed by atoms with E-state index in [0.29, 0.717) is 5.75 Å². The number of likely N-dealkylation sites (tertiary alicyclic amines) is 1. The number of aromatic nitrogens is 2. The molecule has 2 heterocycles. The zero-order chi connectivity index (χ0) is 13.7. The summed E-state index contributed by atoms with van der Waals surface area (Å²) >= 11 is 1.53. The van der Waals surface area contributed by atoms with Gasteiger partial charge in [-0.1, -0.05) is 18.7 Å². The van der Waals surface area contributed by atoms with E-state index in [9.17, 15) is 5.11 Å². The van der Waals surface area contributed by atoms with Crippen LogP contribution < -0.4 is 0 Å². The van der Waals surface area contributed by atoms with Gasteiger partial charge in [0.25, 0.3) is 0 Å². The first-order valence-corrected chi connectivity index (χ1v) is 7.94. The summed E-state index contributed by atoms with van der Waals surface area (Å²) in [6, 6.07) is 0. The van der Waals surface area contributed by atoms with Crippen LogP contribution in [0.15, 0.2) is 17.6 Å². The minimum atomic E-state index is -0.302. The highest BCUT2D eigenvalue weighted by atomic mass is 32.2. The van der Waals surface area contributed by atoms with E-state index in [-0.39, 0.29) is 6.10 Å². The highest BCUT2D eigenvalue weighted by molar-refractivity contribution is 7.99. The van der Waals surface area contributed by atoms with Crippen molar-refractivity contribution in [1.29, 1.82) is 0 Å². The Labute approximate surface area is 119 Å². The Hall–Kier alpha value is -0.650. The predicted octanol–water partition coefficient (Wildman–Crippen LogP) is 1.97. The van der Waals surface area contributed by atoms with E-state index in [1.807, 2.05) is 19.3 Å². The zero-order valence-electron chi connectivity index (χ0n) is 11.7. The molecule has 0 aromatic carbocycles. The maximum Gasteiger partial charge on any atom is 0.187 e. The second-order valence-corrected chi connectivity index (χ2v) is 6.48. The largest absolute Gasteiger partial charge is 0.391 e. The van der Waals surface area contributed by atoms with Crippen molar-refractivity contribution >= 4 is 11.8 Å². The van der Waals surface area contributed by atoms with Crippen LogP contribution in [0.1, 0.15) is 25.3 Å². The van der Waals surface area contributed by atoms with Crippen LogP contribution in [-0.4, -0.2) is 51.5 Å². The van der Waals surface area contributed by atoms with Crippen molar-refractivity contribution in [1.82, 2.24) is 14.9 Å². The number of rotatable bonds is 5. The molecule has 1 aliphatic rings. The van der Waals surface area contributed by atoms with E-state index in [0.717, 1.165) is 36.3 Å². The fourth-order valence-electron chi connectivity index (χ4n) is 2.22. The van der Waals surface area contributed by atoms with Crippen molar-refractivity contribution in [2.24, 2.45) is 5.92 Å². The Morgan fingerprint density at radius 3 is 2.63 bits per heavy atom. The van der Waals surface area contributed by atoms with Crippen molar-refractivity contribution in [3.63, 3.8) is 0 Å². The standard InChI is InChI=1S/C14H23N3OS/c1-11-3-5-17(6-4-11)9-13(18)10-19-14-15-7-12(2)8-16-14/h7-8,11,13,18H,3-6,9-10H2,1-2H3. The maximum atomic E-state index is 10.1. The molecule has 4 nitrogen and oxygen atoms in total. The first-order valence-electron chi connectivity index (χ1n) is 6.95. The predicted molar refractivity (Wildman–Crippen MR) is 78.3 cm³/mol. The van der Waals surface area contributed by atoms with Crippen LogP contribution in [-0.2, 0) is 0 Å². The number of hydrogen-bond acceptors (Lipinski definition) is 5. The summed E-state index contributed by atoms with van der Waals surface area (Å²) in [7, 11) is 0. The van der Waals surface area contributed by atoms with Crippen LogP contribution in [0.4, 0.5) is 0 Å². The number of aryl methyl sites for hydroxylation is 1. The number of aliphatic hydroxyl groups excluding tert-OH is 1. The summed E-state index contributed by atoms with van der Waals surface area (Å²) in [6.07, 6.45) is 5.83. The maximum absolute atomic E-state index is 10.1. The molecule has 1 unspecified atom stereocenters. The molecule has 106 valence electrons. The third kappa shape index (κ3) is 5.09. The summed E-state index contributed by atoms with van der Waals surface area (Å²) in [5, 5.41) is 10.8. The molecule has 0 radical (unpaired) electrons. The first kappa shape index (κ1) is 14.8. The molecule has 2 rings (SSSR count). The number of aliphatic hydroxyl groups is 1. The lowest BCUT2D eigenvalue weighted by molar-refractivity contribution is 0.105. The van der Waals surface area contributed by atoms with Gasteiger partial charge in [0.05, 0.1) is 6.10 Å². The van der Waals surface area contributed by atoms with Gasteiger partial charge in [0.1, 0.15) is 0 Å². The SMILES string of the molecule is Cc1cnc(SCC(O)CN2CCC(C)CC2)nc1. The Balaban J connectivity index is 1.69. The van der Waals surface area contributed by atoms with Gasteiger partial charge in [-0.2, -0.15) is 0 Å². The van der Waals surface area contributed by atoms with E-state index in [4.69, 9.17) is 0 Å². The molecule has 0 spiro atoms. The van der Waals surface area contributed by atoms with Crippen molar-refractivity contribution < 1.29 is 5.11 Å². The molecule has 19 heavy (non-hydrogen) atoms. The molecule has 1 fully saturated rings. The van der Waals surface area contributed by atoms with Crippen molar-refractivity contribution in [2.45, 2.75) is 37.9 Å². The second kappa shape index (κ2) is 7.22. The van der Waals surface area contributed by atoms with E-state index >= 15 is 0 Å². The molecule has 0 aliphatic carbocycles. The van der Waals surface area contributed by atoms with Crippen LogP contribution in [0.3, 0.4) is 0 Å². The Bertz CT molecular complexity index is 377. The summed E-state index contributed by atoms with van der Waals surface area (Å²) < 4.78 is 0. The first-order chi connectivity index (χ1) is 9.13. The van der Waals surface area contributed by atoms with Gasteiger partial charge in [0.15, 0.2) is 5.16 Å². The molecule has 1 aromatic rings. The number of nitrogens with zero attached hydrogens (tertiary/aromatic N) is 3. The van der Waals surface area contributed by atoms with Crippen LogP contribution in [0.5, 0.6) is 0 Å². The lowest BCUT2D eigenvalue weighted by Gasteiger charge is -2.31. The Morgan fingerprint density at radius 2 is 2.00 bits per heavy atom. The average Bonchev–Trinajstić information content (AvgIpc) is 2.41. The molecular weight excluding hydrogens is 258 g/mol. The van der Waals surface area contributed by atoms with Gasteiger partial charge in [-0.25, -0.2) is 9.97 Å². The third-order valence-corrected chi connectivity index (χ3v) is 4.53. The molecule has 1 aliphatic heterocycles. The molecule has 1 saturated heterocycles. The molecule has 0 saturated carbocycles. The summed E-state index contributed by atoms with van der Waals surface area (Å²) in [4.78, 5) is 10.8. The number of β-amino-alcohol motifs (C(OH)–C–C–N with tert-alkyl or cyclic N) is 1. The van der Waals surface area contributed by atoms with E-state index in [1.165, 1.54) is 24.6 Å². The molecule has 0 bridgehead atoms. The number of hydrogen-bond donors (Lipinski definition) is 1.